The number of hydrogen-bond donors (Lipinski definition) is 1. The van der Waals surface area contributed by atoms with Crippen molar-refractivity contribution in [2.75, 3.05) is 33.4 Å². The second kappa shape index (κ2) is 8.89. The maximum Gasteiger partial charge on any atom is 0.336 e. The van der Waals surface area contributed by atoms with Gasteiger partial charge in [-0.25, -0.2) is 4.79 Å². The number of nitrogens with zero attached hydrogens (tertiary/aromatic N) is 1. The molecule has 1 saturated heterocycles. The third-order valence-corrected chi connectivity index (χ3v) is 9.28. The van der Waals surface area contributed by atoms with Gasteiger partial charge in [0, 0.05) is 37.1 Å². The number of carbonyl (C=O) groups is 4. The van der Waals surface area contributed by atoms with Gasteiger partial charge < -0.3 is 19.3 Å². The van der Waals surface area contributed by atoms with Crippen LogP contribution in [0.25, 0.3) is 0 Å². The van der Waals surface area contributed by atoms with Crippen molar-refractivity contribution in [3.05, 3.63) is 22.3 Å². The highest BCUT2D eigenvalue weighted by molar-refractivity contribution is 6.51. The molecule has 1 N–H and O–H groups in total. The fraction of sp³-hybridized carbons (Fsp3) is 0.704. The molecule has 0 aromatic heterocycles. The molecule has 0 radical (unpaired) electrons. The van der Waals surface area contributed by atoms with Crippen LogP contribution in [0.15, 0.2) is 22.3 Å². The topological polar surface area (TPSA) is 119 Å². The third kappa shape index (κ3) is 3.54. The summed E-state index contributed by atoms with van der Waals surface area (Å²) in [5.74, 6) is -2.84. The number of hydrogen-bond acceptors (Lipinski definition) is 9. The number of esters is 2. The molecular formula is C27H35NO8. The Morgan fingerprint density at radius 3 is 2.47 bits per heavy atom. The van der Waals surface area contributed by atoms with Gasteiger partial charge in [0.05, 0.1) is 23.7 Å². The Morgan fingerprint density at radius 2 is 1.83 bits per heavy atom. The van der Waals surface area contributed by atoms with Crippen molar-refractivity contribution in [3.63, 3.8) is 0 Å². The van der Waals surface area contributed by atoms with Gasteiger partial charge in [0.1, 0.15) is 12.2 Å². The summed E-state index contributed by atoms with van der Waals surface area (Å²) in [6, 6.07) is 0. The molecule has 36 heavy (non-hydrogen) atoms. The average Bonchev–Trinajstić information content (AvgIpc) is 3.42. The zero-order valence-corrected chi connectivity index (χ0v) is 21.4. The molecule has 5 aliphatic rings. The van der Waals surface area contributed by atoms with E-state index in [9.17, 15) is 24.3 Å². The molecule has 3 aliphatic carbocycles. The van der Waals surface area contributed by atoms with Crippen LogP contribution < -0.4 is 0 Å². The van der Waals surface area contributed by atoms with Crippen molar-refractivity contribution >= 4 is 23.5 Å². The first kappa shape index (κ1) is 25.3. The van der Waals surface area contributed by atoms with Crippen LogP contribution in [-0.2, 0) is 33.4 Å². The summed E-state index contributed by atoms with van der Waals surface area (Å²) < 4.78 is 17.2. The molecule has 9 heteroatoms. The molecule has 2 aliphatic heterocycles. The molecule has 196 valence electrons. The van der Waals surface area contributed by atoms with Gasteiger partial charge in [0.2, 0.25) is 11.6 Å². The number of ether oxygens (including phenoxy) is 3. The fourth-order valence-corrected chi connectivity index (χ4v) is 7.50. The number of ketones is 2. The molecule has 2 fully saturated rings. The lowest BCUT2D eigenvalue weighted by molar-refractivity contribution is -0.162. The highest BCUT2D eigenvalue weighted by Gasteiger charge is 2.65. The third-order valence-electron chi connectivity index (χ3n) is 9.28. The SMILES string of the molecule is COC[C@H]1OC(=O)C(CN2CCCC2)=C2C(=O)C(=O)C3=C([C@H](OC(C)=O)C[C@]4(C)C(O)CC[C@@H]34)[C@]21C. The quantitative estimate of drug-likeness (QED) is 0.442. The number of Topliss-reactive ketones (excluding diaryl/α,β-unsaturated/α-hetero) is 2. The number of cyclic esters (lactones) is 1. The minimum absolute atomic E-state index is 0.0122. The predicted octanol–water partition coefficient (Wildman–Crippen LogP) is 1.52. The molecule has 0 aromatic carbocycles. The van der Waals surface area contributed by atoms with Gasteiger partial charge in [-0.05, 0) is 63.6 Å². The maximum atomic E-state index is 13.9. The van der Waals surface area contributed by atoms with Crippen molar-refractivity contribution in [1.29, 1.82) is 0 Å². The van der Waals surface area contributed by atoms with Crippen LogP contribution in [0.4, 0.5) is 0 Å². The molecular weight excluding hydrogens is 466 g/mol. The summed E-state index contributed by atoms with van der Waals surface area (Å²) in [6.07, 6.45) is 0.954. The Bertz CT molecular complexity index is 1090. The molecule has 0 bridgehead atoms. The zero-order chi connectivity index (χ0) is 26.0. The normalized spacial score (nSPS) is 38.6. The highest BCUT2D eigenvalue weighted by atomic mass is 16.6. The first-order valence-electron chi connectivity index (χ1n) is 12.9. The minimum Gasteiger partial charge on any atom is -0.458 e. The molecule has 1 saturated carbocycles. The van der Waals surface area contributed by atoms with E-state index in [1.165, 1.54) is 14.0 Å². The van der Waals surface area contributed by atoms with Crippen LogP contribution in [0, 0.1) is 16.7 Å². The van der Waals surface area contributed by atoms with Crippen LogP contribution in [0.1, 0.15) is 52.9 Å². The Labute approximate surface area is 210 Å². The van der Waals surface area contributed by atoms with Gasteiger partial charge in [0.25, 0.3) is 0 Å². The molecule has 9 nitrogen and oxygen atoms in total. The second-order valence-corrected chi connectivity index (χ2v) is 11.3. The monoisotopic (exact) mass is 501 g/mol. The van der Waals surface area contributed by atoms with Crippen molar-refractivity contribution in [3.8, 4) is 0 Å². The molecule has 0 amide bonds. The van der Waals surface area contributed by atoms with E-state index in [2.05, 4.69) is 4.90 Å². The summed E-state index contributed by atoms with van der Waals surface area (Å²) >= 11 is 0. The Balaban J connectivity index is 1.77. The number of fused-ring (bicyclic) bond motifs is 4. The number of methoxy groups -OCH3 is 1. The van der Waals surface area contributed by atoms with Crippen molar-refractivity contribution in [1.82, 2.24) is 4.90 Å². The Hall–Kier alpha value is -2.36. The van der Waals surface area contributed by atoms with Crippen molar-refractivity contribution in [2.45, 2.75) is 71.2 Å². The van der Waals surface area contributed by atoms with Gasteiger partial charge in [0.15, 0.2) is 0 Å². The number of aliphatic hydroxyl groups excluding tert-OH is 1. The molecule has 0 aromatic rings. The van der Waals surface area contributed by atoms with Crippen LogP contribution in [-0.4, -0.2) is 85.2 Å². The van der Waals surface area contributed by atoms with Gasteiger partial charge in [-0.2, -0.15) is 0 Å². The number of carbonyl (C=O) groups excluding carboxylic acids is 4. The van der Waals surface area contributed by atoms with E-state index >= 15 is 0 Å². The Morgan fingerprint density at radius 1 is 1.14 bits per heavy atom. The minimum atomic E-state index is -1.20. The van der Waals surface area contributed by atoms with Gasteiger partial charge in [-0.1, -0.05) is 6.92 Å². The van der Waals surface area contributed by atoms with Gasteiger partial charge >= 0.3 is 11.9 Å². The molecule has 6 atom stereocenters. The van der Waals surface area contributed by atoms with Crippen LogP contribution in [0.3, 0.4) is 0 Å². The van der Waals surface area contributed by atoms with Gasteiger partial charge in [-0.3, -0.25) is 19.3 Å². The molecule has 5 rings (SSSR count). The second-order valence-electron chi connectivity index (χ2n) is 11.3. The highest BCUT2D eigenvalue weighted by Crippen LogP contribution is 2.62. The van der Waals surface area contributed by atoms with E-state index in [-0.39, 0.29) is 30.2 Å². The Kier molecular flexibility index (Phi) is 6.24. The van der Waals surface area contributed by atoms with E-state index in [0.29, 0.717) is 30.4 Å². The summed E-state index contributed by atoms with van der Waals surface area (Å²) in [4.78, 5) is 55.4. The zero-order valence-electron chi connectivity index (χ0n) is 21.4. The molecule has 0 spiro atoms. The summed E-state index contributed by atoms with van der Waals surface area (Å²) in [5.41, 5.74) is -0.709. The van der Waals surface area contributed by atoms with E-state index < -0.39 is 52.6 Å². The van der Waals surface area contributed by atoms with E-state index in [4.69, 9.17) is 14.2 Å². The lowest BCUT2D eigenvalue weighted by Gasteiger charge is -2.54. The maximum absolute atomic E-state index is 13.9. The summed E-state index contributed by atoms with van der Waals surface area (Å²) in [6.45, 7) is 6.85. The average molecular weight is 502 g/mol. The van der Waals surface area contributed by atoms with E-state index in [1.807, 2.05) is 13.8 Å². The van der Waals surface area contributed by atoms with Crippen LogP contribution >= 0.6 is 0 Å². The number of rotatable bonds is 5. The lowest BCUT2D eigenvalue weighted by Crippen LogP contribution is -2.59. The standard InChI is InChI=1S/C27H35NO8/c1-14(29)35-17-11-26(2)16(7-8-18(26)30)20-22(17)27(3)19(13-34-4)36-25(33)15(12-28-9-5-6-10-28)21(27)24(32)23(20)31/h16-19,30H,5-13H2,1-4H3/t16-,17+,18?,19+,26-,27-/m0/s1. The number of aliphatic hydroxyl groups is 1. The molecule has 2 heterocycles. The van der Waals surface area contributed by atoms with Crippen molar-refractivity contribution < 1.29 is 38.5 Å². The number of allylic oxidation sites excluding steroid dienone is 1. The fourth-order valence-electron chi connectivity index (χ4n) is 7.50. The number of likely N-dealkylation sites (tertiary alicyclic amines) is 1. The van der Waals surface area contributed by atoms with E-state index in [0.717, 1.165) is 25.9 Å². The first-order chi connectivity index (χ1) is 17.0. The molecule has 1 unspecified atom stereocenters. The largest absolute Gasteiger partial charge is 0.458 e. The summed E-state index contributed by atoms with van der Waals surface area (Å²) in [7, 11) is 1.49. The summed E-state index contributed by atoms with van der Waals surface area (Å²) in [5, 5.41) is 10.9. The van der Waals surface area contributed by atoms with Crippen molar-refractivity contribution in [2.24, 2.45) is 16.7 Å². The van der Waals surface area contributed by atoms with Gasteiger partial charge in [-0.15, -0.1) is 0 Å². The van der Waals surface area contributed by atoms with E-state index in [1.54, 1.807) is 0 Å². The first-order valence-corrected chi connectivity index (χ1v) is 12.9. The lowest BCUT2D eigenvalue weighted by atomic mass is 9.52. The predicted molar refractivity (Wildman–Crippen MR) is 127 cm³/mol. The smallest absolute Gasteiger partial charge is 0.336 e. The van der Waals surface area contributed by atoms with Crippen LogP contribution in [0.2, 0.25) is 0 Å². The van der Waals surface area contributed by atoms with Crippen LogP contribution in [0.5, 0.6) is 0 Å².